The fourth-order valence-electron chi connectivity index (χ4n) is 3.65. The molecule has 2 aliphatic rings. The first-order valence-corrected chi connectivity index (χ1v) is 8.76. The van der Waals surface area contributed by atoms with Crippen LogP contribution in [-0.2, 0) is 20.6 Å². The second-order valence-electron chi connectivity index (χ2n) is 6.43. The summed E-state index contributed by atoms with van der Waals surface area (Å²) in [5.41, 5.74) is 0. The summed E-state index contributed by atoms with van der Waals surface area (Å²) in [6.45, 7) is -0.399. The number of esters is 1. The Morgan fingerprint density at radius 1 is 1.22 bits per heavy atom. The van der Waals surface area contributed by atoms with E-state index in [1.54, 1.807) is 0 Å². The average molecular weight is 360 g/mol. The highest BCUT2D eigenvalue weighted by Gasteiger charge is 2.60. The third kappa shape index (κ3) is 4.23. The molecule has 0 aromatic heterocycles. The molecular formula is C14H20F4O4S. The Labute approximate surface area is 134 Å². The standard InChI is InChI=1S/C14H20F4O4S/c15-13(16,14(17,18)23(20)21)4-1-5-22-12(19)8-11-7-9-2-3-10(11)6-9/h9-11H,1-8H2,(H,20,21). The maximum absolute atomic E-state index is 13.2. The highest BCUT2D eigenvalue weighted by molar-refractivity contribution is 7.80. The summed E-state index contributed by atoms with van der Waals surface area (Å²) >= 11 is -3.96. The Morgan fingerprint density at radius 2 is 1.91 bits per heavy atom. The second-order valence-corrected chi connectivity index (χ2v) is 7.44. The van der Waals surface area contributed by atoms with E-state index in [1.807, 2.05) is 0 Å². The summed E-state index contributed by atoms with van der Waals surface area (Å²) in [7, 11) is 0. The number of fused-ring (bicyclic) bond motifs is 2. The van der Waals surface area contributed by atoms with Crippen LogP contribution in [0.15, 0.2) is 0 Å². The molecular weight excluding hydrogens is 340 g/mol. The molecule has 2 bridgehead atoms. The minimum atomic E-state index is -5.01. The van der Waals surface area contributed by atoms with Gasteiger partial charge in [0.25, 0.3) is 0 Å². The van der Waals surface area contributed by atoms with Crippen LogP contribution in [0.2, 0.25) is 0 Å². The van der Waals surface area contributed by atoms with Crippen molar-refractivity contribution in [3.63, 3.8) is 0 Å². The van der Waals surface area contributed by atoms with Gasteiger partial charge in [0.2, 0.25) is 11.1 Å². The number of carbonyl (C=O) groups excluding carboxylic acids is 1. The van der Waals surface area contributed by atoms with Gasteiger partial charge in [-0.1, -0.05) is 6.42 Å². The Bertz CT molecular complexity index is 472. The first-order valence-electron chi connectivity index (χ1n) is 7.65. The third-order valence-electron chi connectivity index (χ3n) is 4.86. The van der Waals surface area contributed by atoms with E-state index in [-0.39, 0.29) is 12.3 Å². The third-order valence-corrected chi connectivity index (χ3v) is 5.59. The minimum Gasteiger partial charge on any atom is -0.466 e. The lowest BCUT2D eigenvalue weighted by molar-refractivity contribution is -0.165. The predicted octanol–water partition coefficient (Wildman–Crippen LogP) is 3.59. The number of carbonyl (C=O) groups is 1. The highest BCUT2D eigenvalue weighted by Crippen LogP contribution is 2.49. The van der Waals surface area contributed by atoms with Crippen LogP contribution in [0.25, 0.3) is 0 Å². The summed E-state index contributed by atoms with van der Waals surface area (Å²) in [6, 6.07) is 0. The van der Waals surface area contributed by atoms with Gasteiger partial charge in [0.1, 0.15) is 0 Å². The molecule has 4 unspecified atom stereocenters. The van der Waals surface area contributed by atoms with E-state index in [2.05, 4.69) is 0 Å². The van der Waals surface area contributed by atoms with Crippen molar-refractivity contribution >= 4 is 17.0 Å². The average Bonchev–Trinajstić information content (AvgIpc) is 3.05. The van der Waals surface area contributed by atoms with Crippen LogP contribution in [0.5, 0.6) is 0 Å². The smallest absolute Gasteiger partial charge is 0.406 e. The molecule has 0 saturated heterocycles. The fourth-order valence-corrected chi connectivity index (χ4v) is 4.01. The molecule has 9 heteroatoms. The fraction of sp³-hybridized carbons (Fsp3) is 0.929. The van der Waals surface area contributed by atoms with Crippen molar-refractivity contribution in [1.29, 1.82) is 0 Å². The first-order chi connectivity index (χ1) is 10.6. The molecule has 2 fully saturated rings. The number of rotatable bonds is 8. The summed E-state index contributed by atoms with van der Waals surface area (Å²) in [6.07, 6.45) is 2.86. The number of halogens is 4. The monoisotopic (exact) mass is 360 g/mol. The summed E-state index contributed by atoms with van der Waals surface area (Å²) < 4.78 is 75.4. The van der Waals surface area contributed by atoms with Gasteiger partial charge in [-0.25, -0.2) is 4.21 Å². The molecule has 2 rings (SSSR count). The van der Waals surface area contributed by atoms with Crippen molar-refractivity contribution in [2.45, 2.75) is 56.1 Å². The lowest BCUT2D eigenvalue weighted by atomic mass is 9.86. The van der Waals surface area contributed by atoms with Crippen LogP contribution in [0, 0.1) is 17.8 Å². The molecule has 0 amide bonds. The van der Waals surface area contributed by atoms with Crippen LogP contribution in [0.4, 0.5) is 17.6 Å². The van der Waals surface area contributed by atoms with E-state index >= 15 is 0 Å². The number of hydrogen-bond donors (Lipinski definition) is 1. The Kier molecular flexibility index (Phi) is 5.71. The van der Waals surface area contributed by atoms with Crippen LogP contribution >= 0.6 is 0 Å². The van der Waals surface area contributed by atoms with Gasteiger partial charge in [-0.15, -0.1) is 0 Å². The minimum absolute atomic E-state index is 0.244. The molecule has 134 valence electrons. The highest BCUT2D eigenvalue weighted by atomic mass is 32.2. The maximum atomic E-state index is 13.2. The van der Waals surface area contributed by atoms with Gasteiger partial charge in [0, 0.05) is 12.8 Å². The molecule has 0 spiro atoms. The van der Waals surface area contributed by atoms with Gasteiger partial charge in [-0.05, 0) is 43.4 Å². The molecule has 0 aromatic carbocycles. The van der Waals surface area contributed by atoms with Crippen molar-refractivity contribution in [2.24, 2.45) is 17.8 Å². The second kappa shape index (κ2) is 7.04. The van der Waals surface area contributed by atoms with Gasteiger partial charge < -0.3 is 9.29 Å². The van der Waals surface area contributed by atoms with Gasteiger partial charge in [-0.3, -0.25) is 4.79 Å². The van der Waals surface area contributed by atoms with Crippen molar-refractivity contribution in [3.05, 3.63) is 0 Å². The normalized spacial score (nSPS) is 28.8. The molecule has 0 aliphatic heterocycles. The molecule has 4 atom stereocenters. The van der Waals surface area contributed by atoms with E-state index < -0.39 is 47.7 Å². The predicted molar refractivity (Wildman–Crippen MR) is 74.4 cm³/mol. The lowest BCUT2D eigenvalue weighted by Crippen LogP contribution is -2.44. The van der Waals surface area contributed by atoms with Crippen molar-refractivity contribution in [3.8, 4) is 0 Å². The van der Waals surface area contributed by atoms with E-state index in [0.717, 1.165) is 19.3 Å². The topological polar surface area (TPSA) is 63.6 Å². The van der Waals surface area contributed by atoms with Gasteiger partial charge in [0.15, 0.2) is 0 Å². The van der Waals surface area contributed by atoms with Gasteiger partial charge >= 0.3 is 17.1 Å². The molecule has 2 aliphatic carbocycles. The zero-order valence-corrected chi connectivity index (χ0v) is 13.3. The summed E-state index contributed by atoms with van der Waals surface area (Å²) in [5, 5.41) is -5.01. The van der Waals surface area contributed by atoms with E-state index in [4.69, 9.17) is 9.29 Å². The Hall–Kier alpha value is -0.700. The van der Waals surface area contributed by atoms with Crippen LogP contribution in [0.3, 0.4) is 0 Å². The van der Waals surface area contributed by atoms with Gasteiger partial charge in [-0.2, -0.15) is 17.6 Å². The quantitative estimate of drug-likeness (QED) is 0.311. The van der Waals surface area contributed by atoms with Crippen LogP contribution < -0.4 is 0 Å². The van der Waals surface area contributed by atoms with Crippen LogP contribution in [-0.4, -0.2) is 32.5 Å². The van der Waals surface area contributed by atoms with Crippen molar-refractivity contribution in [1.82, 2.24) is 0 Å². The lowest BCUT2D eigenvalue weighted by Gasteiger charge is -2.23. The Morgan fingerprint density at radius 3 is 2.43 bits per heavy atom. The van der Waals surface area contributed by atoms with E-state index in [9.17, 15) is 26.6 Å². The van der Waals surface area contributed by atoms with Crippen molar-refractivity contribution < 1.29 is 35.9 Å². The maximum Gasteiger partial charge on any atom is 0.406 e. The van der Waals surface area contributed by atoms with Crippen molar-refractivity contribution in [2.75, 3.05) is 6.61 Å². The Balaban J connectivity index is 1.67. The molecule has 4 nitrogen and oxygen atoms in total. The zero-order chi connectivity index (χ0) is 17.3. The molecule has 0 heterocycles. The SMILES string of the molecule is O=C(CC1CC2CCC1C2)OCCCC(F)(F)C(F)(F)S(=O)O. The number of ether oxygens (including phenoxy) is 1. The first kappa shape index (κ1) is 18.6. The summed E-state index contributed by atoms with van der Waals surface area (Å²) in [4.78, 5) is 11.7. The number of hydrogen-bond acceptors (Lipinski definition) is 3. The summed E-state index contributed by atoms with van der Waals surface area (Å²) in [5.74, 6) is -3.62. The molecule has 23 heavy (non-hydrogen) atoms. The molecule has 1 N–H and O–H groups in total. The van der Waals surface area contributed by atoms with Crippen LogP contribution in [0.1, 0.15) is 44.9 Å². The number of alkyl halides is 4. The molecule has 2 saturated carbocycles. The van der Waals surface area contributed by atoms with E-state index in [1.165, 1.54) is 6.42 Å². The largest absolute Gasteiger partial charge is 0.466 e. The zero-order valence-electron chi connectivity index (χ0n) is 12.5. The van der Waals surface area contributed by atoms with Gasteiger partial charge in [0.05, 0.1) is 6.61 Å². The molecule has 0 aromatic rings. The molecule has 0 radical (unpaired) electrons. The van der Waals surface area contributed by atoms with E-state index in [0.29, 0.717) is 11.8 Å².